The third-order valence-electron chi connectivity index (χ3n) is 5.41. The molecule has 1 unspecified atom stereocenters. The van der Waals surface area contributed by atoms with Crippen LogP contribution in [-0.2, 0) is 0 Å². The maximum absolute atomic E-state index is 13.5. The molecule has 0 aromatic heterocycles. The molecule has 32 heavy (non-hydrogen) atoms. The SMILES string of the molecule is COc1ccc(C2CC(c3cc(OC)cc(OC)c3)=NN2C(=O)c2ccccc2Cl)cc1. The van der Waals surface area contributed by atoms with E-state index in [1.165, 1.54) is 5.01 Å². The van der Waals surface area contributed by atoms with Crippen LogP contribution in [0.25, 0.3) is 0 Å². The van der Waals surface area contributed by atoms with Gasteiger partial charge < -0.3 is 14.2 Å². The Balaban J connectivity index is 1.77. The maximum atomic E-state index is 13.5. The molecule has 4 rings (SSSR count). The van der Waals surface area contributed by atoms with Crippen LogP contribution in [0.3, 0.4) is 0 Å². The smallest absolute Gasteiger partial charge is 0.276 e. The molecule has 0 spiro atoms. The number of hydrazone groups is 1. The Morgan fingerprint density at radius 3 is 2.12 bits per heavy atom. The lowest BCUT2D eigenvalue weighted by molar-refractivity contribution is 0.0711. The number of carbonyl (C=O) groups excluding carboxylic acids is 1. The molecule has 0 radical (unpaired) electrons. The van der Waals surface area contributed by atoms with Gasteiger partial charge in [0.05, 0.1) is 43.7 Å². The third-order valence-corrected chi connectivity index (χ3v) is 5.74. The largest absolute Gasteiger partial charge is 0.497 e. The number of ether oxygens (including phenoxy) is 3. The van der Waals surface area contributed by atoms with Gasteiger partial charge in [0.1, 0.15) is 17.2 Å². The lowest BCUT2D eigenvalue weighted by atomic mass is 9.97. The molecule has 6 nitrogen and oxygen atoms in total. The highest BCUT2D eigenvalue weighted by Gasteiger charge is 2.34. The quantitative estimate of drug-likeness (QED) is 0.507. The highest BCUT2D eigenvalue weighted by atomic mass is 35.5. The summed E-state index contributed by atoms with van der Waals surface area (Å²) in [6, 6.07) is 19.9. The topological polar surface area (TPSA) is 60.4 Å². The average Bonchev–Trinajstić information content (AvgIpc) is 3.29. The van der Waals surface area contributed by atoms with E-state index in [0.29, 0.717) is 28.5 Å². The Morgan fingerprint density at radius 1 is 0.906 bits per heavy atom. The van der Waals surface area contributed by atoms with Crippen LogP contribution in [0, 0.1) is 0 Å². The van der Waals surface area contributed by atoms with Gasteiger partial charge in [-0.2, -0.15) is 5.10 Å². The summed E-state index contributed by atoms with van der Waals surface area (Å²) in [7, 11) is 4.82. The van der Waals surface area contributed by atoms with Gasteiger partial charge in [-0.25, -0.2) is 5.01 Å². The van der Waals surface area contributed by atoms with Crippen molar-refractivity contribution in [2.45, 2.75) is 12.5 Å². The number of hydrogen-bond acceptors (Lipinski definition) is 5. The second kappa shape index (κ2) is 9.32. The van der Waals surface area contributed by atoms with Gasteiger partial charge in [0.25, 0.3) is 5.91 Å². The van der Waals surface area contributed by atoms with Crippen LogP contribution in [0.4, 0.5) is 0 Å². The first-order chi connectivity index (χ1) is 15.5. The van der Waals surface area contributed by atoms with Gasteiger partial charge >= 0.3 is 0 Å². The normalized spacial score (nSPS) is 15.3. The summed E-state index contributed by atoms with van der Waals surface area (Å²) >= 11 is 6.32. The molecule has 0 bridgehead atoms. The molecular weight excluding hydrogens is 428 g/mol. The molecule has 164 valence electrons. The number of carbonyl (C=O) groups is 1. The van der Waals surface area contributed by atoms with Crippen molar-refractivity contribution in [2.75, 3.05) is 21.3 Å². The average molecular weight is 451 g/mol. The summed E-state index contributed by atoms with van der Waals surface area (Å²) in [6.45, 7) is 0. The van der Waals surface area contributed by atoms with Crippen molar-refractivity contribution < 1.29 is 19.0 Å². The van der Waals surface area contributed by atoms with Crippen molar-refractivity contribution in [1.82, 2.24) is 5.01 Å². The zero-order chi connectivity index (χ0) is 22.7. The molecule has 1 amide bonds. The van der Waals surface area contributed by atoms with E-state index in [4.69, 9.17) is 30.9 Å². The van der Waals surface area contributed by atoms with Crippen molar-refractivity contribution in [3.8, 4) is 17.2 Å². The van der Waals surface area contributed by atoms with Crippen LogP contribution >= 0.6 is 11.6 Å². The zero-order valence-electron chi connectivity index (χ0n) is 18.0. The van der Waals surface area contributed by atoms with Crippen molar-refractivity contribution in [3.05, 3.63) is 88.4 Å². The fourth-order valence-electron chi connectivity index (χ4n) is 3.69. The lowest BCUT2D eigenvalue weighted by Gasteiger charge is -2.22. The Bertz CT molecular complexity index is 1140. The molecule has 7 heteroatoms. The molecule has 0 saturated heterocycles. The van der Waals surface area contributed by atoms with E-state index in [0.717, 1.165) is 22.6 Å². The van der Waals surface area contributed by atoms with Crippen molar-refractivity contribution in [1.29, 1.82) is 0 Å². The lowest BCUT2D eigenvalue weighted by Crippen LogP contribution is -2.27. The van der Waals surface area contributed by atoms with Crippen molar-refractivity contribution in [3.63, 3.8) is 0 Å². The van der Waals surface area contributed by atoms with Crippen LogP contribution in [0.1, 0.15) is 33.9 Å². The van der Waals surface area contributed by atoms with Crippen LogP contribution in [0.2, 0.25) is 5.02 Å². The highest BCUT2D eigenvalue weighted by Crippen LogP contribution is 2.36. The fraction of sp³-hybridized carbons (Fsp3) is 0.200. The summed E-state index contributed by atoms with van der Waals surface area (Å²) in [5.74, 6) is 1.79. The minimum absolute atomic E-state index is 0.263. The van der Waals surface area contributed by atoms with Gasteiger partial charge in [0.2, 0.25) is 0 Å². The summed E-state index contributed by atoms with van der Waals surface area (Å²) in [5.41, 5.74) is 2.93. The van der Waals surface area contributed by atoms with Crippen LogP contribution < -0.4 is 14.2 Å². The minimum Gasteiger partial charge on any atom is -0.497 e. The third kappa shape index (κ3) is 4.27. The predicted octanol–water partition coefficient (Wildman–Crippen LogP) is 5.36. The van der Waals surface area contributed by atoms with E-state index in [2.05, 4.69) is 0 Å². The number of methoxy groups -OCH3 is 3. The highest BCUT2D eigenvalue weighted by molar-refractivity contribution is 6.33. The first-order valence-corrected chi connectivity index (χ1v) is 10.4. The second-order valence-electron chi connectivity index (χ2n) is 7.27. The van der Waals surface area contributed by atoms with E-state index in [1.54, 1.807) is 51.7 Å². The first kappa shape index (κ1) is 21.7. The van der Waals surface area contributed by atoms with Crippen LogP contribution in [0.15, 0.2) is 71.8 Å². The summed E-state index contributed by atoms with van der Waals surface area (Å²) in [4.78, 5) is 13.5. The molecule has 1 aliphatic rings. The molecule has 0 N–H and O–H groups in total. The second-order valence-corrected chi connectivity index (χ2v) is 7.68. The minimum atomic E-state index is -0.295. The molecule has 3 aromatic rings. The summed E-state index contributed by atoms with van der Waals surface area (Å²) in [5, 5.41) is 6.62. The number of benzene rings is 3. The number of amides is 1. The molecule has 0 saturated carbocycles. The van der Waals surface area contributed by atoms with E-state index in [9.17, 15) is 4.79 Å². The molecular formula is C25H23ClN2O4. The monoisotopic (exact) mass is 450 g/mol. The van der Waals surface area contributed by atoms with Crippen molar-refractivity contribution in [2.24, 2.45) is 5.10 Å². The van der Waals surface area contributed by atoms with Gasteiger partial charge in [0.15, 0.2) is 0 Å². The number of halogens is 1. The van der Waals surface area contributed by atoms with Gasteiger partial charge in [-0.3, -0.25) is 4.79 Å². The molecule has 1 aliphatic heterocycles. The maximum Gasteiger partial charge on any atom is 0.276 e. The Labute approximate surface area is 192 Å². The van der Waals surface area contributed by atoms with Gasteiger partial charge in [0, 0.05) is 18.1 Å². The molecule has 3 aromatic carbocycles. The number of rotatable bonds is 6. The number of nitrogens with zero attached hydrogens (tertiary/aromatic N) is 2. The summed E-state index contributed by atoms with van der Waals surface area (Å²) < 4.78 is 16.1. The van der Waals surface area contributed by atoms with E-state index >= 15 is 0 Å². The first-order valence-electron chi connectivity index (χ1n) is 10.1. The Kier molecular flexibility index (Phi) is 6.32. The number of hydrogen-bond donors (Lipinski definition) is 0. The molecule has 1 heterocycles. The van der Waals surface area contributed by atoms with E-state index < -0.39 is 0 Å². The standard InChI is InChI=1S/C25H23ClN2O4/c1-30-18-10-8-16(9-11-18)24-15-23(17-12-19(31-2)14-20(13-17)32-3)27-28(24)25(29)21-6-4-5-7-22(21)26/h4-14,24H,15H2,1-3H3. The van der Waals surface area contributed by atoms with Gasteiger partial charge in [-0.1, -0.05) is 35.9 Å². The molecule has 0 fully saturated rings. The Hall–Kier alpha value is -3.51. The van der Waals surface area contributed by atoms with E-state index in [-0.39, 0.29) is 11.9 Å². The zero-order valence-corrected chi connectivity index (χ0v) is 18.8. The fourth-order valence-corrected chi connectivity index (χ4v) is 3.91. The van der Waals surface area contributed by atoms with Crippen LogP contribution in [0.5, 0.6) is 17.2 Å². The summed E-state index contributed by atoms with van der Waals surface area (Å²) in [6.07, 6.45) is 0.527. The van der Waals surface area contributed by atoms with Gasteiger partial charge in [-0.05, 0) is 42.0 Å². The molecule has 0 aliphatic carbocycles. The molecule has 1 atom stereocenters. The van der Waals surface area contributed by atoms with Crippen LogP contribution in [-0.4, -0.2) is 38.0 Å². The van der Waals surface area contributed by atoms with E-state index in [1.807, 2.05) is 36.4 Å². The predicted molar refractivity (Wildman–Crippen MR) is 124 cm³/mol. The Morgan fingerprint density at radius 2 is 1.53 bits per heavy atom. The van der Waals surface area contributed by atoms with Crippen molar-refractivity contribution >= 4 is 23.2 Å². The van der Waals surface area contributed by atoms with Gasteiger partial charge in [-0.15, -0.1) is 0 Å².